The molecule has 0 fully saturated rings. The number of alkyl halides is 2. The lowest BCUT2D eigenvalue weighted by molar-refractivity contribution is -0.390. The Morgan fingerprint density at radius 3 is 2.58 bits per heavy atom. The summed E-state index contributed by atoms with van der Waals surface area (Å²) in [6.07, 6.45) is 0.850. The Kier molecular flexibility index (Phi) is 2.36. The van der Waals surface area contributed by atoms with E-state index in [0.717, 1.165) is 6.20 Å². The number of nitro groups is 1. The Morgan fingerprint density at radius 2 is 2.33 bits per heavy atom. The fourth-order valence-electron chi connectivity index (χ4n) is 0.584. The van der Waals surface area contributed by atoms with Crippen LogP contribution < -0.4 is 0 Å². The maximum atomic E-state index is 11.9. The first-order valence-corrected chi connectivity index (χ1v) is 3.49. The Hall–Kier alpha value is -1.05. The largest absolute Gasteiger partial charge is 0.404 e. The predicted octanol–water partition coefficient (Wildman–Crippen LogP) is 1.95. The van der Waals surface area contributed by atoms with E-state index in [9.17, 15) is 18.9 Å². The van der Waals surface area contributed by atoms with Crippen LogP contribution in [-0.2, 0) is 0 Å². The first-order valence-electron chi connectivity index (χ1n) is 2.69. The van der Waals surface area contributed by atoms with Crippen molar-refractivity contribution in [3.8, 4) is 0 Å². The molecule has 0 bridgehead atoms. The lowest BCUT2D eigenvalue weighted by Crippen LogP contribution is -1.99. The van der Waals surface area contributed by atoms with Crippen LogP contribution in [-0.4, -0.2) is 14.7 Å². The van der Waals surface area contributed by atoms with E-state index in [1.807, 2.05) is 0 Å². The molecule has 1 aromatic heterocycles. The van der Waals surface area contributed by atoms with Gasteiger partial charge in [0.2, 0.25) is 0 Å². The third-order valence-electron chi connectivity index (χ3n) is 1.04. The molecule has 0 aliphatic heterocycles. The summed E-state index contributed by atoms with van der Waals surface area (Å²) in [5, 5.41) is 13.1. The average molecular weight is 242 g/mol. The second-order valence-electron chi connectivity index (χ2n) is 1.82. The van der Waals surface area contributed by atoms with Crippen molar-refractivity contribution in [3.63, 3.8) is 0 Å². The fourth-order valence-corrected chi connectivity index (χ4v) is 1.02. The monoisotopic (exact) mass is 241 g/mol. The SMILES string of the molecule is O=[N+]([O-])c1nn(C(F)F)cc1Br. The summed E-state index contributed by atoms with van der Waals surface area (Å²) in [5.41, 5.74) is 0. The molecule has 0 saturated carbocycles. The summed E-state index contributed by atoms with van der Waals surface area (Å²) in [5.74, 6) is -0.615. The zero-order valence-corrected chi connectivity index (χ0v) is 7.03. The van der Waals surface area contributed by atoms with Crippen LogP contribution in [0.15, 0.2) is 10.7 Å². The van der Waals surface area contributed by atoms with Crippen LogP contribution in [0.3, 0.4) is 0 Å². The smallest absolute Gasteiger partial charge is 0.358 e. The van der Waals surface area contributed by atoms with Gasteiger partial charge in [0.1, 0.15) is 4.47 Å². The third-order valence-corrected chi connectivity index (χ3v) is 1.60. The molecule has 0 unspecified atom stereocenters. The molecular weight excluding hydrogens is 240 g/mol. The first kappa shape index (κ1) is 9.04. The molecule has 0 N–H and O–H groups in total. The maximum Gasteiger partial charge on any atom is 0.404 e. The number of halogens is 3. The van der Waals surface area contributed by atoms with Gasteiger partial charge in [0, 0.05) is 0 Å². The lowest BCUT2D eigenvalue weighted by atomic mass is 10.7. The van der Waals surface area contributed by atoms with Crippen molar-refractivity contribution in [2.75, 3.05) is 0 Å². The number of nitrogens with zero attached hydrogens (tertiary/aromatic N) is 3. The van der Waals surface area contributed by atoms with Crippen LogP contribution in [0.4, 0.5) is 14.6 Å². The minimum Gasteiger partial charge on any atom is -0.358 e. The van der Waals surface area contributed by atoms with Crippen molar-refractivity contribution in [3.05, 3.63) is 20.8 Å². The van der Waals surface area contributed by atoms with Crippen molar-refractivity contribution in [2.45, 2.75) is 6.55 Å². The zero-order valence-electron chi connectivity index (χ0n) is 5.45. The van der Waals surface area contributed by atoms with Crippen molar-refractivity contribution < 1.29 is 13.7 Å². The number of hydrogen-bond donors (Lipinski definition) is 0. The Morgan fingerprint density at radius 1 is 1.75 bits per heavy atom. The summed E-state index contributed by atoms with van der Waals surface area (Å²) in [7, 11) is 0. The summed E-state index contributed by atoms with van der Waals surface area (Å²) in [6.45, 7) is -2.87. The Bertz CT molecular complexity index is 313. The van der Waals surface area contributed by atoms with Crippen LogP contribution in [0.25, 0.3) is 0 Å². The molecular formula is C4H2BrF2N3O2. The minimum atomic E-state index is -2.87. The molecule has 1 rings (SSSR count). The normalized spacial score (nSPS) is 10.7. The van der Waals surface area contributed by atoms with Crippen molar-refractivity contribution in [2.24, 2.45) is 0 Å². The molecule has 0 aromatic carbocycles. The van der Waals surface area contributed by atoms with Crippen LogP contribution >= 0.6 is 15.9 Å². The van der Waals surface area contributed by atoms with Crippen LogP contribution in [0.2, 0.25) is 0 Å². The van der Waals surface area contributed by atoms with Gasteiger partial charge < -0.3 is 10.1 Å². The van der Waals surface area contributed by atoms with Gasteiger partial charge in [0.15, 0.2) is 0 Å². The van der Waals surface area contributed by atoms with E-state index in [4.69, 9.17) is 0 Å². The molecule has 0 radical (unpaired) electrons. The topological polar surface area (TPSA) is 61.0 Å². The molecule has 1 heterocycles. The minimum absolute atomic E-state index is 0.0622. The van der Waals surface area contributed by atoms with Gasteiger partial charge in [-0.1, -0.05) is 0 Å². The van der Waals surface area contributed by atoms with Gasteiger partial charge >= 0.3 is 12.4 Å². The standard InChI is InChI=1S/C4H2BrF2N3O2/c5-2-1-9(4(6)7)8-3(2)10(11)12/h1,4H. The van der Waals surface area contributed by atoms with Crippen LogP contribution in [0.1, 0.15) is 6.55 Å². The van der Waals surface area contributed by atoms with Gasteiger partial charge in [0.25, 0.3) is 0 Å². The molecule has 0 aliphatic rings. The van der Waals surface area contributed by atoms with E-state index >= 15 is 0 Å². The second kappa shape index (κ2) is 3.13. The molecule has 12 heavy (non-hydrogen) atoms. The molecule has 0 aliphatic carbocycles. The molecule has 8 heteroatoms. The van der Waals surface area contributed by atoms with Crippen molar-refractivity contribution in [1.82, 2.24) is 9.78 Å². The van der Waals surface area contributed by atoms with E-state index in [1.165, 1.54) is 0 Å². The van der Waals surface area contributed by atoms with Gasteiger partial charge in [-0.3, -0.25) is 0 Å². The Balaban J connectivity index is 3.09. The van der Waals surface area contributed by atoms with Crippen LogP contribution in [0, 0.1) is 10.1 Å². The van der Waals surface area contributed by atoms with E-state index in [2.05, 4.69) is 21.0 Å². The quantitative estimate of drug-likeness (QED) is 0.588. The number of rotatable bonds is 2. The summed E-state index contributed by atoms with van der Waals surface area (Å²) < 4.78 is 23.9. The molecule has 0 amide bonds. The summed E-state index contributed by atoms with van der Waals surface area (Å²) in [6, 6.07) is 0. The van der Waals surface area contributed by atoms with Crippen molar-refractivity contribution in [1.29, 1.82) is 0 Å². The van der Waals surface area contributed by atoms with Gasteiger partial charge in [-0.2, -0.15) is 8.78 Å². The highest BCUT2D eigenvalue weighted by molar-refractivity contribution is 9.10. The molecule has 1 aromatic rings. The molecule has 5 nitrogen and oxygen atoms in total. The number of hydrogen-bond acceptors (Lipinski definition) is 3. The van der Waals surface area contributed by atoms with Gasteiger partial charge in [-0.25, -0.2) is 0 Å². The highest BCUT2D eigenvalue weighted by Gasteiger charge is 2.22. The maximum absolute atomic E-state index is 11.9. The molecule has 0 saturated heterocycles. The van der Waals surface area contributed by atoms with Crippen LogP contribution in [0.5, 0.6) is 0 Å². The zero-order chi connectivity index (χ0) is 9.30. The van der Waals surface area contributed by atoms with Gasteiger partial charge in [-0.05, 0) is 20.9 Å². The third kappa shape index (κ3) is 1.58. The van der Waals surface area contributed by atoms with Crippen molar-refractivity contribution >= 4 is 21.7 Å². The van der Waals surface area contributed by atoms with Gasteiger partial charge in [-0.15, -0.1) is 4.68 Å². The molecule has 66 valence electrons. The fraction of sp³-hybridized carbons (Fsp3) is 0.250. The van der Waals surface area contributed by atoms with Gasteiger partial charge in [0.05, 0.1) is 11.3 Å². The molecule has 0 atom stereocenters. The number of aromatic nitrogens is 2. The molecule has 0 spiro atoms. The first-order chi connectivity index (χ1) is 5.52. The summed E-state index contributed by atoms with van der Waals surface area (Å²) >= 11 is 2.73. The van der Waals surface area contributed by atoms with E-state index in [-0.39, 0.29) is 9.15 Å². The van der Waals surface area contributed by atoms with E-state index < -0.39 is 17.3 Å². The lowest BCUT2D eigenvalue weighted by Gasteiger charge is -1.88. The van der Waals surface area contributed by atoms with E-state index in [0.29, 0.717) is 0 Å². The predicted molar refractivity (Wildman–Crippen MR) is 37.8 cm³/mol. The second-order valence-corrected chi connectivity index (χ2v) is 2.67. The average Bonchev–Trinajstić information content (AvgIpc) is 2.30. The highest BCUT2D eigenvalue weighted by Crippen LogP contribution is 2.24. The Labute approximate surface area is 73.3 Å². The summed E-state index contributed by atoms with van der Waals surface area (Å²) in [4.78, 5) is 9.27. The van der Waals surface area contributed by atoms with E-state index in [1.54, 1.807) is 0 Å². The highest BCUT2D eigenvalue weighted by atomic mass is 79.9.